The van der Waals surface area contributed by atoms with Gasteiger partial charge in [0, 0.05) is 16.1 Å². The first-order valence-corrected chi connectivity index (χ1v) is 14.0. The van der Waals surface area contributed by atoms with Crippen molar-refractivity contribution in [2.75, 3.05) is 11.5 Å². The van der Waals surface area contributed by atoms with Gasteiger partial charge in [0.15, 0.2) is 0 Å². The second kappa shape index (κ2) is 11.4. The van der Waals surface area contributed by atoms with Gasteiger partial charge in [0.1, 0.15) is 29.0 Å². The van der Waals surface area contributed by atoms with Crippen LogP contribution < -0.4 is 14.4 Å². The molecule has 1 aliphatic heterocycles. The molecular formula is C33H31NO5S. The van der Waals surface area contributed by atoms with Crippen LogP contribution in [0.3, 0.4) is 0 Å². The van der Waals surface area contributed by atoms with E-state index in [1.54, 1.807) is 42.5 Å². The molecule has 3 aromatic carbocycles. The Morgan fingerprint density at radius 3 is 2.38 bits per heavy atom. The van der Waals surface area contributed by atoms with Crippen molar-refractivity contribution in [2.45, 2.75) is 33.7 Å². The molecule has 0 bridgehead atoms. The molecule has 1 fully saturated rings. The van der Waals surface area contributed by atoms with Gasteiger partial charge in [-0.25, -0.2) is 0 Å². The van der Waals surface area contributed by atoms with Gasteiger partial charge < -0.3 is 14.6 Å². The van der Waals surface area contributed by atoms with Crippen LogP contribution in [-0.2, 0) is 9.59 Å². The highest BCUT2D eigenvalue weighted by Crippen LogP contribution is 2.44. The number of ether oxygens (including phenoxy) is 2. The lowest BCUT2D eigenvalue weighted by atomic mass is 9.98. The van der Waals surface area contributed by atoms with Crippen LogP contribution in [0.15, 0.2) is 89.8 Å². The number of anilines is 1. The number of ketones is 1. The number of aryl methyl sites for hydroxylation is 2. The van der Waals surface area contributed by atoms with Crippen LogP contribution in [0.2, 0.25) is 0 Å². The molecule has 6 nitrogen and oxygen atoms in total. The molecule has 1 N–H and O–H groups in total. The molecule has 2 heterocycles. The highest BCUT2D eigenvalue weighted by atomic mass is 32.1. The van der Waals surface area contributed by atoms with Gasteiger partial charge in [-0.3, -0.25) is 14.5 Å². The van der Waals surface area contributed by atoms with Gasteiger partial charge in [0.2, 0.25) is 0 Å². The van der Waals surface area contributed by atoms with Crippen molar-refractivity contribution in [3.05, 3.63) is 111 Å². The highest BCUT2D eigenvalue weighted by molar-refractivity contribution is 7.10. The van der Waals surface area contributed by atoms with E-state index in [1.807, 2.05) is 55.6 Å². The van der Waals surface area contributed by atoms with Crippen molar-refractivity contribution in [2.24, 2.45) is 5.92 Å². The number of hydrogen-bond donors (Lipinski definition) is 1. The average molecular weight is 554 g/mol. The van der Waals surface area contributed by atoms with E-state index in [9.17, 15) is 14.7 Å². The van der Waals surface area contributed by atoms with Crippen LogP contribution in [0.5, 0.6) is 17.2 Å². The third kappa shape index (κ3) is 5.51. The third-order valence-corrected chi connectivity index (χ3v) is 7.54. The van der Waals surface area contributed by atoms with Crippen molar-refractivity contribution < 1.29 is 24.2 Å². The maximum absolute atomic E-state index is 13.4. The minimum Gasteiger partial charge on any atom is -0.507 e. The lowest BCUT2D eigenvalue weighted by molar-refractivity contribution is -0.132. The molecule has 0 spiro atoms. The van der Waals surface area contributed by atoms with Crippen LogP contribution in [0.1, 0.15) is 41.5 Å². The first kappa shape index (κ1) is 27.2. The lowest BCUT2D eigenvalue weighted by Crippen LogP contribution is -2.29. The Balaban J connectivity index is 1.50. The number of nitrogens with zero attached hydrogens (tertiary/aromatic N) is 1. The molecule has 40 heavy (non-hydrogen) atoms. The molecule has 1 amide bonds. The summed E-state index contributed by atoms with van der Waals surface area (Å²) in [5.41, 5.74) is 2.96. The van der Waals surface area contributed by atoms with E-state index in [1.165, 1.54) is 16.2 Å². The predicted octanol–water partition coefficient (Wildman–Crippen LogP) is 7.82. The van der Waals surface area contributed by atoms with E-state index in [-0.39, 0.29) is 11.3 Å². The Hall–Kier alpha value is -4.36. The highest BCUT2D eigenvalue weighted by Gasteiger charge is 2.47. The van der Waals surface area contributed by atoms with Crippen molar-refractivity contribution in [1.29, 1.82) is 0 Å². The van der Waals surface area contributed by atoms with Crippen LogP contribution >= 0.6 is 11.3 Å². The SMILES string of the molecule is Cc1cccc(Oc2ccc(N3C(=O)C(=O)/C(=C(\O)c4ccc(OCC(C)C)c(C)c4)C3c3cccs3)cc2)c1. The molecule has 0 saturated carbocycles. The fourth-order valence-corrected chi connectivity index (χ4v) is 5.50. The fraction of sp³-hybridized carbons (Fsp3) is 0.212. The minimum atomic E-state index is -0.763. The maximum Gasteiger partial charge on any atom is 0.300 e. The average Bonchev–Trinajstić information content (AvgIpc) is 3.55. The summed E-state index contributed by atoms with van der Waals surface area (Å²) in [5, 5.41) is 13.3. The quantitative estimate of drug-likeness (QED) is 0.137. The van der Waals surface area contributed by atoms with E-state index in [0.717, 1.165) is 16.0 Å². The largest absolute Gasteiger partial charge is 0.507 e. The molecule has 4 aromatic rings. The topological polar surface area (TPSA) is 76.1 Å². The second-order valence-electron chi connectivity index (χ2n) is 10.3. The number of aliphatic hydroxyl groups excluding tert-OH is 1. The van der Waals surface area contributed by atoms with Crippen LogP contribution in [0.4, 0.5) is 5.69 Å². The molecular weight excluding hydrogens is 522 g/mol. The maximum atomic E-state index is 13.4. The molecule has 5 rings (SSSR count). The number of thiophene rings is 1. The summed E-state index contributed by atoms with van der Waals surface area (Å²) in [6.07, 6.45) is 0. The number of hydrogen-bond acceptors (Lipinski definition) is 6. The Kier molecular flexibility index (Phi) is 7.76. The number of rotatable bonds is 8. The summed E-state index contributed by atoms with van der Waals surface area (Å²) in [6.45, 7) is 8.60. The van der Waals surface area contributed by atoms with Gasteiger partial charge in [0.25, 0.3) is 11.7 Å². The Bertz CT molecular complexity index is 1570. The summed E-state index contributed by atoms with van der Waals surface area (Å²) >= 11 is 1.42. The van der Waals surface area contributed by atoms with E-state index in [2.05, 4.69) is 13.8 Å². The number of amides is 1. The molecule has 0 radical (unpaired) electrons. The van der Waals surface area contributed by atoms with E-state index >= 15 is 0 Å². The van der Waals surface area contributed by atoms with Gasteiger partial charge >= 0.3 is 0 Å². The number of aliphatic hydroxyl groups is 1. The Morgan fingerprint density at radius 1 is 0.950 bits per heavy atom. The summed E-state index contributed by atoms with van der Waals surface area (Å²) in [6, 6.07) is 23.0. The molecule has 1 unspecified atom stereocenters. The summed E-state index contributed by atoms with van der Waals surface area (Å²) in [4.78, 5) is 29.1. The second-order valence-corrected chi connectivity index (χ2v) is 11.3. The third-order valence-electron chi connectivity index (χ3n) is 6.62. The zero-order valence-corrected chi connectivity index (χ0v) is 23.7. The van der Waals surface area contributed by atoms with Gasteiger partial charge in [-0.15, -0.1) is 11.3 Å². The van der Waals surface area contributed by atoms with Gasteiger partial charge in [-0.1, -0.05) is 32.0 Å². The molecule has 1 aliphatic rings. The number of carbonyl (C=O) groups excluding carboxylic acids is 2. The molecule has 1 atom stereocenters. The molecule has 0 aliphatic carbocycles. The predicted molar refractivity (Wildman–Crippen MR) is 158 cm³/mol. The zero-order chi connectivity index (χ0) is 28.4. The monoisotopic (exact) mass is 553 g/mol. The van der Waals surface area contributed by atoms with Crippen molar-refractivity contribution in [1.82, 2.24) is 0 Å². The first-order valence-electron chi connectivity index (χ1n) is 13.2. The molecule has 7 heteroatoms. The van der Waals surface area contributed by atoms with Crippen molar-refractivity contribution in [3.8, 4) is 17.2 Å². The smallest absolute Gasteiger partial charge is 0.300 e. The molecule has 204 valence electrons. The first-order chi connectivity index (χ1) is 19.2. The normalized spacial score (nSPS) is 16.5. The van der Waals surface area contributed by atoms with Crippen molar-refractivity contribution >= 4 is 34.5 Å². The van der Waals surface area contributed by atoms with Crippen LogP contribution in [0, 0.1) is 19.8 Å². The summed E-state index contributed by atoms with van der Waals surface area (Å²) in [7, 11) is 0. The van der Waals surface area contributed by atoms with E-state index in [4.69, 9.17) is 9.47 Å². The summed E-state index contributed by atoms with van der Waals surface area (Å²) < 4.78 is 11.8. The van der Waals surface area contributed by atoms with Gasteiger partial charge in [-0.05, 0) is 96.9 Å². The number of carbonyl (C=O) groups is 2. The van der Waals surface area contributed by atoms with E-state index < -0.39 is 17.7 Å². The van der Waals surface area contributed by atoms with Gasteiger partial charge in [0.05, 0.1) is 12.2 Å². The zero-order valence-electron chi connectivity index (χ0n) is 22.9. The number of benzene rings is 3. The summed E-state index contributed by atoms with van der Waals surface area (Å²) in [5.74, 6) is 0.773. The van der Waals surface area contributed by atoms with Gasteiger partial charge in [-0.2, -0.15) is 0 Å². The minimum absolute atomic E-state index is 0.0581. The van der Waals surface area contributed by atoms with E-state index in [0.29, 0.717) is 41.0 Å². The van der Waals surface area contributed by atoms with Crippen molar-refractivity contribution in [3.63, 3.8) is 0 Å². The number of Topliss-reactive ketones (excluding diaryl/α,β-unsaturated/α-hetero) is 1. The molecule has 1 saturated heterocycles. The molecule has 1 aromatic heterocycles. The van der Waals surface area contributed by atoms with Crippen LogP contribution in [-0.4, -0.2) is 23.4 Å². The fourth-order valence-electron chi connectivity index (χ4n) is 4.68. The van der Waals surface area contributed by atoms with Crippen LogP contribution in [0.25, 0.3) is 5.76 Å². The standard InChI is InChI=1S/C33H31NO5S/c1-20(2)19-38-27-15-10-23(18-22(27)4)31(35)29-30(28-9-6-16-40-28)34(33(37)32(29)36)24-11-13-25(14-12-24)39-26-8-5-7-21(3)17-26/h5-18,20,30,35H,19H2,1-4H3/b31-29-. The lowest BCUT2D eigenvalue weighted by Gasteiger charge is -2.24. The Morgan fingerprint density at radius 2 is 1.73 bits per heavy atom. The Labute approximate surface area is 238 Å².